The number of hydrogen-bond acceptors (Lipinski definition) is 2. The number of unbranched alkanes of at least 4 members (excludes halogenated alkanes) is 1. The summed E-state index contributed by atoms with van der Waals surface area (Å²) >= 11 is 0. The van der Waals surface area contributed by atoms with Crippen LogP contribution in [0.3, 0.4) is 0 Å². The molecule has 0 saturated carbocycles. The lowest BCUT2D eigenvalue weighted by Crippen LogP contribution is -1.99. The fraction of sp³-hybridized carbons (Fsp3) is 0.769. The molecule has 1 rings (SSSR count). The highest BCUT2D eigenvalue weighted by Gasteiger charge is 2.18. The third-order valence-corrected chi connectivity index (χ3v) is 2.81. The van der Waals surface area contributed by atoms with Crippen molar-refractivity contribution < 1.29 is 5.11 Å². The summed E-state index contributed by atoms with van der Waals surface area (Å²) in [6.45, 7) is 9.34. The normalized spacial score (nSPS) is 11.3. The molecule has 1 heterocycles. The summed E-state index contributed by atoms with van der Waals surface area (Å²) in [6, 6.07) is 0. The fourth-order valence-corrected chi connectivity index (χ4v) is 1.93. The topological polar surface area (TPSA) is 38.0 Å². The lowest BCUT2D eigenvalue weighted by atomic mass is 10.0. The summed E-state index contributed by atoms with van der Waals surface area (Å²) < 4.78 is 1.75. The molecule has 0 aromatic carbocycles. The van der Waals surface area contributed by atoms with Crippen molar-refractivity contribution in [2.45, 2.75) is 65.8 Å². The van der Waals surface area contributed by atoms with Crippen molar-refractivity contribution >= 4 is 0 Å². The van der Waals surface area contributed by atoms with E-state index in [0.29, 0.717) is 11.8 Å². The van der Waals surface area contributed by atoms with Crippen molar-refractivity contribution in [3.63, 3.8) is 0 Å². The van der Waals surface area contributed by atoms with E-state index in [4.69, 9.17) is 0 Å². The Morgan fingerprint density at radius 2 is 1.94 bits per heavy atom. The van der Waals surface area contributed by atoms with Crippen LogP contribution in [0.1, 0.15) is 64.1 Å². The highest BCUT2D eigenvalue weighted by atomic mass is 16.3. The number of aromatic hydroxyl groups is 1. The van der Waals surface area contributed by atoms with Gasteiger partial charge in [-0.2, -0.15) is 5.10 Å². The first kappa shape index (κ1) is 13.1. The molecule has 0 atom stereocenters. The summed E-state index contributed by atoms with van der Waals surface area (Å²) in [4.78, 5) is 0. The predicted molar refractivity (Wildman–Crippen MR) is 66.9 cm³/mol. The van der Waals surface area contributed by atoms with E-state index in [0.717, 1.165) is 43.5 Å². The summed E-state index contributed by atoms with van der Waals surface area (Å²) in [7, 11) is 0. The Morgan fingerprint density at radius 1 is 1.25 bits per heavy atom. The molecular formula is C13H24N2O. The van der Waals surface area contributed by atoms with Gasteiger partial charge in [-0.05, 0) is 25.2 Å². The van der Waals surface area contributed by atoms with Gasteiger partial charge in [-0.25, -0.2) is 4.68 Å². The average molecular weight is 224 g/mol. The van der Waals surface area contributed by atoms with E-state index in [2.05, 4.69) is 32.8 Å². The molecule has 92 valence electrons. The van der Waals surface area contributed by atoms with Gasteiger partial charge in [0.05, 0.1) is 5.69 Å². The van der Waals surface area contributed by atoms with Gasteiger partial charge in [0.1, 0.15) is 0 Å². The molecule has 0 bridgehead atoms. The van der Waals surface area contributed by atoms with Crippen LogP contribution in [0.25, 0.3) is 0 Å². The Labute approximate surface area is 98.5 Å². The van der Waals surface area contributed by atoms with Crippen LogP contribution in [0.15, 0.2) is 0 Å². The van der Waals surface area contributed by atoms with Gasteiger partial charge in [-0.1, -0.05) is 34.1 Å². The highest BCUT2D eigenvalue weighted by molar-refractivity contribution is 5.32. The number of rotatable bonds is 6. The Hall–Kier alpha value is -0.990. The summed E-state index contributed by atoms with van der Waals surface area (Å²) in [6.07, 6.45) is 4.21. The third kappa shape index (κ3) is 2.77. The SMILES string of the molecule is CCCCc1c(C(C)C)nn(CCC)c1O. The quantitative estimate of drug-likeness (QED) is 0.803. The molecule has 1 aromatic rings. The molecule has 3 nitrogen and oxygen atoms in total. The van der Waals surface area contributed by atoms with E-state index in [1.807, 2.05) is 0 Å². The predicted octanol–water partition coefficient (Wildman–Crippen LogP) is 3.46. The largest absolute Gasteiger partial charge is 0.493 e. The van der Waals surface area contributed by atoms with Gasteiger partial charge < -0.3 is 5.11 Å². The van der Waals surface area contributed by atoms with Crippen LogP contribution in [-0.2, 0) is 13.0 Å². The van der Waals surface area contributed by atoms with Crippen LogP contribution in [-0.4, -0.2) is 14.9 Å². The van der Waals surface area contributed by atoms with E-state index in [1.165, 1.54) is 0 Å². The van der Waals surface area contributed by atoms with Crippen molar-refractivity contribution in [3.05, 3.63) is 11.3 Å². The molecule has 0 aliphatic carbocycles. The maximum atomic E-state index is 10.1. The molecule has 1 aromatic heterocycles. The Bertz CT molecular complexity index is 329. The zero-order valence-corrected chi connectivity index (χ0v) is 11.0. The van der Waals surface area contributed by atoms with Gasteiger partial charge in [-0.15, -0.1) is 0 Å². The third-order valence-electron chi connectivity index (χ3n) is 2.81. The van der Waals surface area contributed by atoms with E-state index < -0.39 is 0 Å². The first-order valence-corrected chi connectivity index (χ1v) is 6.40. The molecule has 3 heteroatoms. The summed E-state index contributed by atoms with van der Waals surface area (Å²) in [5.74, 6) is 0.773. The van der Waals surface area contributed by atoms with E-state index in [1.54, 1.807) is 4.68 Å². The maximum Gasteiger partial charge on any atom is 0.212 e. The van der Waals surface area contributed by atoms with Crippen molar-refractivity contribution in [2.75, 3.05) is 0 Å². The van der Waals surface area contributed by atoms with Gasteiger partial charge in [0.2, 0.25) is 5.88 Å². The molecule has 0 unspecified atom stereocenters. The van der Waals surface area contributed by atoms with E-state index in [-0.39, 0.29) is 0 Å². The minimum absolute atomic E-state index is 0.385. The lowest BCUT2D eigenvalue weighted by molar-refractivity contribution is 0.392. The van der Waals surface area contributed by atoms with Gasteiger partial charge in [0.25, 0.3) is 0 Å². The Kier molecular flexibility index (Phi) is 4.84. The van der Waals surface area contributed by atoms with Crippen LogP contribution in [0.4, 0.5) is 0 Å². The van der Waals surface area contributed by atoms with Crippen LogP contribution >= 0.6 is 0 Å². The summed E-state index contributed by atoms with van der Waals surface area (Å²) in [5, 5.41) is 14.6. The number of nitrogens with zero attached hydrogens (tertiary/aromatic N) is 2. The molecule has 0 spiro atoms. The fourth-order valence-electron chi connectivity index (χ4n) is 1.93. The monoisotopic (exact) mass is 224 g/mol. The Morgan fingerprint density at radius 3 is 2.44 bits per heavy atom. The second-order valence-corrected chi connectivity index (χ2v) is 4.67. The molecular weight excluding hydrogens is 200 g/mol. The standard InChI is InChI=1S/C13H24N2O/c1-5-7-8-11-12(10(3)4)14-15(9-6-2)13(11)16/h10,16H,5-9H2,1-4H3. The minimum atomic E-state index is 0.385. The van der Waals surface area contributed by atoms with Crippen molar-refractivity contribution in [1.82, 2.24) is 9.78 Å². The second-order valence-electron chi connectivity index (χ2n) is 4.67. The summed E-state index contributed by atoms with van der Waals surface area (Å²) in [5.41, 5.74) is 2.13. The molecule has 16 heavy (non-hydrogen) atoms. The lowest BCUT2D eigenvalue weighted by Gasteiger charge is -2.04. The minimum Gasteiger partial charge on any atom is -0.493 e. The van der Waals surface area contributed by atoms with Crippen LogP contribution in [0, 0.1) is 0 Å². The van der Waals surface area contributed by atoms with Gasteiger partial charge >= 0.3 is 0 Å². The van der Waals surface area contributed by atoms with Crippen molar-refractivity contribution in [2.24, 2.45) is 0 Å². The number of hydrogen-bond donors (Lipinski definition) is 1. The Balaban J connectivity index is 3.00. The molecule has 0 aliphatic rings. The van der Waals surface area contributed by atoms with Crippen LogP contribution in [0.2, 0.25) is 0 Å². The molecule has 0 amide bonds. The first-order chi connectivity index (χ1) is 7.61. The highest BCUT2D eigenvalue weighted by Crippen LogP contribution is 2.28. The number of aromatic nitrogens is 2. The van der Waals surface area contributed by atoms with E-state index in [9.17, 15) is 5.11 Å². The smallest absolute Gasteiger partial charge is 0.212 e. The molecule has 0 saturated heterocycles. The van der Waals surface area contributed by atoms with Crippen molar-refractivity contribution in [3.8, 4) is 5.88 Å². The maximum absolute atomic E-state index is 10.1. The number of aryl methyl sites for hydroxylation is 1. The van der Waals surface area contributed by atoms with E-state index >= 15 is 0 Å². The molecule has 0 fully saturated rings. The van der Waals surface area contributed by atoms with Crippen LogP contribution in [0.5, 0.6) is 5.88 Å². The first-order valence-electron chi connectivity index (χ1n) is 6.40. The van der Waals surface area contributed by atoms with Crippen LogP contribution < -0.4 is 0 Å². The van der Waals surface area contributed by atoms with Crippen molar-refractivity contribution in [1.29, 1.82) is 0 Å². The second kappa shape index (κ2) is 5.92. The zero-order chi connectivity index (χ0) is 12.1. The average Bonchev–Trinajstić information content (AvgIpc) is 2.55. The zero-order valence-electron chi connectivity index (χ0n) is 11.0. The van der Waals surface area contributed by atoms with Gasteiger partial charge in [0.15, 0.2) is 0 Å². The molecule has 1 N–H and O–H groups in total. The molecule has 0 aliphatic heterocycles. The molecule has 0 radical (unpaired) electrons. The van der Waals surface area contributed by atoms with Gasteiger partial charge in [-0.3, -0.25) is 0 Å². The van der Waals surface area contributed by atoms with Gasteiger partial charge in [0, 0.05) is 12.1 Å².